The van der Waals surface area contributed by atoms with Crippen LogP contribution in [0.25, 0.3) is 0 Å². The van der Waals surface area contributed by atoms with Crippen molar-refractivity contribution in [3.8, 4) is 0 Å². The first-order valence-electron chi connectivity index (χ1n) is 5.33. The molecule has 0 saturated carbocycles. The molecule has 0 fully saturated rings. The third-order valence-electron chi connectivity index (χ3n) is 3.11. The Morgan fingerprint density at radius 1 is 1.13 bits per heavy atom. The zero-order chi connectivity index (χ0) is 10.3. The van der Waals surface area contributed by atoms with Crippen LogP contribution in [-0.2, 0) is 5.75 Å². The van der Waals surface area contributed by atoms with Crippen LogP contribution in [0.1, 0.15) is 35.2 Å². The topological polar surface area (TPSA) is 17.1 Å². The van der Waals surface area contributed by atoms with Gasteiger partial charge in [0.1, 0.15) is 0 Å². The van der Waals surface area contributed by atoms with E-state index in [4.69, 9.17) is 0 Å². The van der Waals surface area contributed by atoms with Crippen LogP contribution in [0.2, 0.25) is 0 Å². The number of Topliss-reactive ketones (excluding diaryl/α,β-unsaturated/α-hetero) is 1. The predicted molar refractivity (Wildman–Crippen MR) is 62.9 cm³/mol. The summed E-state index contributed by atoms with van der Waals surface area (Å²) in [5, 5.41) is 0. The van der Waals surface area contributed by atoms with Gasteiger partial charge in [0.2, 0.25) is 0 Å². The van der Waals surface area contributed by atoms with Crippen molar-refractivity contribution in [1.29, 1.82) is 0 Å². The molecule has 76 valence electrons. The van der Waals surface area contributed by atoms with E-state index < -0.39 is 0 Å². The van der Waals surface area contributed by atoms with Gasteiger partial charge in [0.15, 0.2) is 5.78 Å². The number of hydrogen-bond acceptors (Lipinski definition) is 2. The zero-order valence-corrected chi connectivity index (χ0v) is 9.27. The van der Waals surface area contributed by atoms with Gasteiger partial charge in [-0.1, -0.05) is 24.3 Å². The van der Waals surface area contributed by atoms with Gasteiger partial charge in [0, 0.05) is 16.9 Å². The molecule has 0 saturated heterocycles. The monoisotopic (exact) mass is 216 g/mol. The Hall–Kier alpha value is -1.02. The molecule has 2 heteroatoms. The van der Waals surface area contributed by atoms with Crippen molar-refractivity contribution in [1.82, 2.24) is 0 Å². The number of thioether (sulfide) groups is 1. The fourth-order valence-corrected chi connectivity index (χ4v) is 3.55. The van der Waals surface area contributed by atoms with E-state index in [1.165, 1.54) is 10.5 Å². The summed E-state index contributed by atoms with van der Waals surface area (Å²) in [6, 6.07) is 8.01. The van der Waals surface area contributed by atoms with E-state index >= 15 is 0 Å². The molecule has 1 aromatic carbocycles. The van der Waals surface area contributed by atoms with Crippen LogP contribution >= 0.6 is 11.8 Å². The van der Waals surface area contributed by atoms with Gasteiger partial charge in [-0.05, 0) is 29.7 Å². The van der Waals surface area contributed by atoms with Crippen LogP contribution in [0.15, 0.2) is 34.7 Å². The summed E-state index contributed by atoms with van der Waals surface area (Å²) in [6.45, 7) is 0. The van der Waals surface area contributed by atoms with E-state index in [0.29, 0.717) is 0 Å². The van der Waals surface area contributed by atoms with Crippen molar-refractivity contribution < 1.29 is 4.79 Å². The summed E-state index contributed by atoms with van der Waals surface area (Å²) in [6.07, 6.45) is 3.25. The van der Waals surface area contributed by atoms with Crippen LogP contribution in [0, 0.1) is 0 Å². The number of ketones is 1. The summed E-state index contributed by atoms with van der Waals surface area (Å²) in [5.41, 5.74) is 3.21. The van der Waals surface area contributed by atoms with E-state index in [1.54, 1.807) is 0 Å². The van der Waals surface area contributed by atoms with Gasteiger partial charge in [0.25, 0.3) is 0 Å². The van der Waals surface area contributed by atoms with Crippen LogP contribution in [0.4, 0.5) is 0 Å². The summed E-state index contributed by atoms with van der Waals surface area (Å²) in [7, 11) is 0. The second-order valence-electron chi connectivity index (χ2n) is 4.03. The second kappa shape index (κ2) is 3.53. The Morgan fingerprint density at radius 3 is 2.93 bits per heavy atom. The summed E-state index contributed by atoms with van der Waals surface area (Å²) in [4.78, 5) is 13.6. The van der Waals surface area contributed by atoms with Crippen LogP contribution in [0.3, 0.4) is 0 Å². The largest absolute Gasteiger partial charge is 0.289 e. The fourth-order valence-electron chi connectivity index (χ4n) is 2.31. The first-order chi connectivity index (χ1) is 7.36. The Morgan fingerprint density at radius 2 is 2.00 bits per heavy atom. The van der Waals surface area contributed by atoms with Gasteiger partial charge in [-0.2, -0.15) is 0 Å². The molecule has 1 aliphatic carbocycles. The maximum Gasteiger partial charge on any atom is 0.190 e. The van der Waals surface area contributed by atoms with Crippen LogP contribution in [-0.4, -0.2) is 5.78 Å². The molecule has 1 aromatic rings. The van der Waals surface area contributed by atoms with E-state index in [2.05, 4.69) is 6.07 Å². The van der Waals surface area contributed by atoms with Gasteiger partial charge >= 0.3 is 0 Å². The van der Waals surface area contributed by atoms with E-state index in [9.17, 15) is 4.79 Å². The van der Waals surface area contributed by atoms with Gasteiger partial charge in [0.05, 0.1) is 0 Å². The minimum Gasteiger partial charge on any atom is -0.289 e. The first kappa shape index (κ1) is 9.22. The molecule has 0 bridgehead atoms. The molecule has 0 unspecified atom stereocenters. The quantitative estimate of drug-likeness (QED) is 0.659. The maximum absolute atomic E-state index is 12.2. The van der Waals surface area contributed by atoms with Crippen molar-refractivity contribution in [3.63, 3.8) is 0 Å². The summed E-state index contributed by atoms with van der Waals surface area (Å²) < 4.78 is 0. The lowest BCUT2D eigenvalue weighted by Crippen LogP contribution is -2.03. The Balaban J connectivity index is 2.12. The van der Waals surface area contributed by atoms with E-state index in [0.717, 1.165) is 36.2 Å². The molecule has 0 spiro atoms. The van der Waals surface area contributed by atoms with Gasteiger partial charge in [-0.3, -0.25) is 4.79 Å². The molecule has 1 nitrogen and oxygen atoms in total. The SMILES string of the molecule is O=C1C2=C(CCC2)SCc2ccccc21. The minimum absolute atomic E-state index is 0.281. The molecule has 1 heterocycles. The van der Waals surface area contributed by atoms with Gasteiger partial charge in [-0.15, -0.1) is 11.8 Å². The molecule has 2 aliphatic rings. The highest BCUT2D eigenvalue weighted by Gasteiger charge is 2.26. The number of allylic oxidation sites excluding steroid dienone is 2. The number of benzene rings is 1. The van der Waals surface area contributed by atoms with E-state index in [1.807, 2.05) is 30.0 Å². The Bertz CT molecular complexity index is 459. The third-order valence-corrected chi connectivity index (χ3v) is 4.36. The normalized spacial score (nSPS) is 19.9. The highest BCUT2D eigenvalue weighted by Crippen LogP contribution is 2.40. The molecule has 0 radical (unpaired) electrons. The number of hydrogen-bond donors (Lipinski definition) is 0. The molecule has 0 aromatic heterocycles. The first-order valence-corrected chi connectivity index (χ1v) is 6.32. The molecule has 0 amide bonds. The van der Waals surface area contributed by atoms with Crippen molar-refractivity contribution in [2.45, 2.75) is 25.0 Å². The lowest BCUT2D eigenvalue weighted by atomic mass is 9.99. The lowest BCUT2D eigenvalue weighted by Gasteiger charge is -2.04. The molecular weight excluding hydrogens is 204 g/mol. The van der Waals surface area contributed by atoms with Gasteiger partial charge in [-0.25, -0.2) is 0 Å². The van der Waals surface area contributed by atoms with Crippen molar-refractivity contribution >= 4 is 17.5 Å². The summed E-state index contributed by atoms with van der Waals surface area (Å²) >= 11 is 1.86. The average molecular weight is 216 g/mol. The van der Waals surface area contributed by atoms with Crippen molar-refractivity contribution in [2.75, 3.05) is 0 Å². The lowest BCUT2D eigenvalue weighted by molar-refractivity contribution is 0.103. The molecule has 0 N–H and O–H groups in total. The smallest absolute Gasteiger partial charge is 0.190 e. The number of rotatable bonds is 0. The predicted octanol–water partition coefficient (Wildman–Crippen LogP) is 3.55. The van der Waals surface area contributed by atoms with Crippen molar-refractivity contribution in [3.05, 3.63) is 45.9 Å². The minimum atomic E-state index is 0.281. The zero-order valence-electron chi connectivity index (χ0n) is 8.45. The highest BCUT2D eigenvalue weighted by molar-refractivity contribution is 8.02. The highest BCUT2D eigenvalue weighted by atomic mass is 32.2. The maximum atomic E-state index is 12.2. The Kier molecular flexibility index (Phi) is 2.17. The van der Waals surface area contributed by atoms with Crippen molar-refractivity contribution in [2.24, 2.45) is 0 Å². The van der Waals surface area contributed by atoms with Gasteiger partial charge < -0.3 is 0 Å². The van der Waals surface area contributed by atoms with Crippen LogP contribution in [0.5, 0.6) is 0 Å². The molecule has 1 aliphatic heterocycles. The Labute approximate surface area is 93.6 Å². The van der Waals surface area contributed by atoms with E-state index in [-0.39, 0.29) is 5.78 Å². The number of carbonyl (C=O) groups is 1. The average Bonchev–Trinajstić information content (AvgIpc) is 2.69. The molecule has 0 atom stereocenters. The molecular formula is C13H12OS. The number of fused-ring (bicyclic) bond motifs is 1. The second-order valence-corrected chi connectivity index (χ2v) is 5.10. The summed E-state index contributed by atoms with van der Waals surface area (Å²) in [5.74, 6) is 1.24. The third kappa shape index (κ3) is 1.44. The molecule has 3 rings (SSSR count). The number of carbonyl (C=O) groups excluding carboxylic acids is 1. The molecule has 15 heavy (non-hydrogen) atoms. The fraction of sp³-hybridized carbons (Fsp3) is 0.308. The standard InChI is InChI=1S/C13H12OS/c14-13-10-5-2-1-4-9(10)8-15-12-7-3-6-11(12)13/h1-2,4-5H,3,6-8H2. The van der Waals surface area contributed by atoms with Crippen LogP contribution < -0.4 is 0 Å².